The third kappa shape index (κ3) is 2.30. The Balaban J connectivity index is 3.40. The molecule has 0 saturated carbocycles. The van der Waals surface area contributed by atoms with E-state index in [9.17, 15) is 19.8 Å². The summed E-state index contributed by atoms with van der Waals surface area (Å²) in [5.41, 5.74) is -1.12. The summed E-state index contributed by atoms with van der Waals surface area (Å²) in [6.45, 7) is 4.77. The minimum absolute atomic E-state index is 0.0282. The molecule has 98 valence electrons. The second-order valence-corrected chi connectivity index (χ2v) is 4.19. The average molecular weight is 251 g/mol. The first-order chi connectivity index (χ1) is 8.33. The highest BCUT2D eigenvalue weighted by molar-refractivity contribution is 5.87. The molecule has 1 atom stereocenters. The summed E-state index contributed by atoms with van der Waals surface area (Å²) in [7, 11) is 0. The van der Waals surface area contributed by atoms with Crippen molar-refractivity contribution in [1.29, 1.82) is 0 Å². The maximum atomic E-state index is 11.6. The molecule has 18 heavy (non-hydrogen) atoms. The molecule has 0 aromatic heterocycles. The van der Waals surface area contributed by atoms with Crippen LogP contribution in [-0.2, 0) is 15.1 Å². The second-order valence-electron chi connectivity index (χ2n) is 4.19. The molecule has 1 aromatic carbocycles. The monoisotopic (exact) mass is 251 g/mol. The Morgan fingerprint density at radius 1 is 1.39 bits per heavy atom. The van der Waals surface area contributed by atoms with Gasteiger partial charge in [-0.15, -0.1) is 0 Å². The lowest BCUT2D eigenvalue weighted by Crippen LogP contribution is -2.51. The highest BCUT2D eigenvalue weighted by Gasteiger charge is 2.42. The van der Waals surface area contributed by atoms with Gasteiger partial charge in [-0.25, -0.2) is 4.79 Å². The number of phenolic OH excluding ortho intramolecular Hbond substituents is 1. The molecule has 5 nitrogen and oxygen atoms in total. The SMILES string of the molecule is CCN(C(C)=O)C(C)(C(=O)O)c1cccc(O)c1. The number of hydrogen-bond acceptors (Lipinski definition) is 3. The van der Waals surface area contributed by atoms with E-state index in [4.69, 9.17) is 0 Å². The molecule has 0 saturated heterocycles. The number of nitrogens with zero attached hydrogens (tertiary/aromatic N) is 1. The van der Waals surface area contributed by atoms with Crippen molar-refractivity contribution in [3.8, 4) is 5.75 Å². The van der Waals surface area contributed by atoms with Gasteiger partial charge < -0.3 is 15.1 Å². The smallest absolute Gasteiger partial charge is 0.334 e. The van der Waals surface area contributed by atoms with Gasteiger partial charge in [-0.05, 0) is 31.5 Å². The third-order valence-electron chi connectivity index (χ3n) is 3.06. The fraction of sp³-hybridized carbons (Fsp3) is 0.385. The normalized spacial score (nSPS) is 13.7. The zero-order chi connectivity index (χ0) is 13.9. The molecule has 0 aliphatic rings. The fourth-order valence-electron chi connectivity index (χ4n) is 2.06. The molecule has 2 N–H and O–H groups in total. The van der Waals surface area contributed by atoms with Crippen LogP contribution in [0.1, 0.15) is 26.3 Å². The number of carboxylic acid groups (broad SMARTS) is 1. The maximum absolute atomic E-state index is 11.6. The van der Waals surface area contributed by atoms with Crippen LogP contribution >= 0.6 is 0 Å². The van der Waals surface area contributed by atoms with Gasteiger partial charge in [-0.1, -0.05) is 12.1 Å². The van der Waals surface area contributed by atoms with E-state index in [-0.39, 0.29) is 18.2 Å². The molecule has 0 fully saturated rings. The Morgan fingerprint density at radius 3 is 2.39 bits per heavy atom. The van der Waals surface area contributed by atoms with Gasteiger partial charge in [0, 0.05) is 13.5 Å². The number of hydrogen-bond donors (Lipinski definition) is 2. The van der Waals surface area contributed by atoms with Crippen LogP contribution < -0.4 is 0 Å². The van der Waals surface area contributed by atoms with Gasteiger partial charge in [0.2, 0.25) is 5.91 Å². The van der Waals surface area contributed by atoms with E-state index >= 15 is 0 Å². The molecule has 1 aromatic rings. The highest BCUT2D eigenvalue weighted by atomic mass is 16.4. The summed E-state index contributed by atoms with van der Waals surface area (Å²) in [6.07, 6.45) is 0. The van der Waals surface area contributed by atoms with E-state index < -0.39 is 11.5 Å². The van der Waals surface area contributed by atoms with Gasteiger partial charge in [-0.2, -0.15) is 0 Å². The van der Waals surface area contributed by atoms with Gasteiger partial charge in [0.25, 0.3) is 0 Å². The molecule has 0 aliphatic heterocycles. The van der Waals surface area contributed by atoms with Crippen LogP contribution in [0.25, 0.3) is 0 Å². The lowest BCUT2D eigenvalue weighted by atomic mass is 9.89. The second kappa shape index (κ2) is 5.08. The van der Waals surface area contributed by atoms with E-state index in [0.29, 0.717) is 5.56 Å². The molecule has 0 spiro atoms. The first kappa shape index (κ1) is 14.0. The van der Waals surface area contributed by atoms with Crippen LogP contribution in [0.2, 0.25) is 0 Å². The predicted molar refractivity (Wildman–Crippen MR) is 66.2 cm³/mol. The van der Waals surface area contributed by atoms with Crippen molar-refractivity contribution in [1.82, 2.24) is 4.90 Å². The average Bonchev–Trinajstić information content (AvgIpc) is 2.28. The first-order valence-electron chi connectivity index (χ1n) is 5.65. The van der Waals surface area contributed by atoms with Gasteiger partial charge in [0.1, 0.15) is 5.75 Å². The van der Waals surface area contributed by atoms with Gasteiger partial charge in [0.05, 0.1) is 0 Å². The topological polar surface area (TPSA) is 77.8 Å². The van der Waals surface area contributed by atoms with Crippen LogP contribution in [0.3, 0.4) is 0 Å². The largest absolute Gasteiger partial charge is 0.508 e. The molecule has 1 amide bonds. The number of rotatable bonds is 4. The van der Waals surface area contributed by atoms with Crippen molar-refractivity contribution in [3.05, 3.63) is 29.8 Å². The third-order valence-corrected chi connectivity index (χ3v) is 3.06. The number of benzene rings is 1. The summed E-state index contributed by atoms with van der Waals surface area (Å²) in [4.78, 5) is 24.4. The number of aromatic hydroxyl groups is 1. The van der Waals surface area contributed by atoms with Crippen LogP contribution in [0.5, 0.6) is 5.75 Å². The highest BCUT2D eigenvalue weighted by Crippen LogP contribution is 2.30. The van der Waals surface area contributed by atoms with Crippen LogP contribution in [-0.4, -0.2) is 33.5 Å². The standard InChI is InChI=1S/C13H17NO4/c1-4-14(9(2)15)13(3,12(17)18)10-6-5-7-11(16)8-10/h5-8,16H,4H2,1-3H3,(H,17,18). The van der Waals surface area contributed by atoms with Crippen molar-refractivity contribution < 1.29 is 19.8 Å². The van der Waals surface area contributed by atoms with E-state index in [0.717, 1.165) is 0 Å². The quantitative estimate of drug-likeness (QED) is 0.851. The molecule has 1 rings (SSSR count). The molecule has 5 heteroatoms. The predicted octanol–water partition coefficient (Wildman–Crippen LogP) is 1.56. The molecule has 0 radical (unpaired) electrons. The Hall–Kier alpha value is -2.04. The molecular weight excluding hydrogens is 234 g/mol. The fourth-order valence-corrected chi connectivity index (χ4v) is 2.06. The lowest BCUT2D eigenvalue weighted by molar-refractivity contribution is -0.158. The summed E-state index contributed by atoms with van der Waals surface area (Å²) < 4.78 is 0. The number of phenols is 1. The Bertz CT molecular complexity index is 472. The van der Waals surface area contributed by atoms with Crippen LogP contribution in [0, 0.1) is 0 Å². The van der Waals surface area contributed by atoms with E-state index in [1.807, 2.05) is 0 Å². The molecule has 0 aliphatic carbocycles. The minimum atomic E-state index is -1.49. The van der Waals surface area contributed by atoms with Crippen molar-refractivity contribution in [3.63, 3.8) is 0 Å². The van der Waals surface area contributed by atoms with E-state index in [2.05, 4.69) is 0 Å². The molecule has 0 heterocycles. The minimum Gasteiger partial charge on any atom is -0.508 e. The summed E-state index contributed by atoms with van der Waals surface area (Å²) in [5, 5.41) is 18.9. The van der Waals surface area contributed by atoms with E-state index in [1.54, 1.807) is 19.1 Å². The van der Waals surface area contributed by atoms with Gasteiger partial charge >= 0.3 is 5.97 Å². The molecule has 0 bridgehead atoms. The molecular formula is C13H17NO4. The van der Waals surface area contributed by atoms with Gasteiger partial charge in [-0.3, -0.25) is 4.79 Å². The van der Waals surface area contributed by atoms with Crippen molar-refractivity contribution in [2.24, 2.45) is 0 Å². The van der Waals surface area contributed by atoms with E-state index in [1.165, 1.54) is 30.9 Å². The lowest BCUT2D eigenvalue weighted by Gasteiger charge is -2.37. The zero-order valence-corrected chi connectivity index (χ0v) is 10.7. The van der Waals surface area contributed by atoms with Crippen molar-refractivity contribution in [2.75, 3.05) is 6.54 Å². The number of amides is 1. The number of carboxylic acids is 1. The number of carbonyl (C=O) groups excluding carboxylic acids is 1. The van der Waals surface area contributed by atoms with Gasteiger partial charge in [0.15, 0.2) is 5.54 Å². The summed E-state index contributed by atoms with van der Waals surface area (Å²) in [5.74, 6) is -1.49. The Kier molecular flexibility index (Phi) is 3.96. The Labute approximate surface area is 106 Å². The van der Waals surface area contributed by atoms with Crippen LogP contribution in [0.15, 0.2) is 24.3 Å². The number of carbonyl (C=O) groups is 2. The number of likely N-dealkylation sites (N-methyl/N-ethyl adjacent to an activating group) is 1. The van der Waals surface area contributed by atoms with Crippen LogP contribution in [0.4, 0.5) is 0 Å². The summed E-state index contributed by atoms with van der Waals surface area (Å²) >= 11 is 0. The first-order valence-corrected chi connectivity index (χ1v) is 5.65. The Morgan fingerprint density at radius 2 is 2.00 bits per heavy atom. The number of aliphatic carboxylic acids is 1. The van der Waals surface area contributed by atoms with Crippen molar-refractivity contribution in [2.45, 2.75) is 26.3 Å². The van der Waals surface area contributed by atoms with Crippen molar-refractivity contribution >= 4 is 11.9 Å². The molecule has 1 unspecified atom stereocenters. The zero-order valence-electron chi connectivity index (χ0n) is 10.7. The maximum Gasteiger partial charge on any atom is 0.334 e. The summed E-state index contributed by atoms with van der Waals surface area (Å²) in [6, 6.07) is 5.95.